The number of ether oxygens (including phenoxy) is 3. The van der Waals surface area contributed by atoms with Crippen molar-refractivity contribution in [1.82, 2.24) is 14.8 Å². The molecule has 11 heteroatoms. The van der Waals surface area contributed by atoms with Crippen molar-refractivity contribution in [1.29, 1.82) is 0 Å². The molecular weight excluding hydrogens is 396 g/mol. The zero-order valence-electron chi connectivity index (χ0n) is 17.2. The van der Waals surface area contributed by atoms with Gasteiger partial charge in [-0.05, 0) is 17.7 Å². The number of barbiturate groups is 1. The van der Waals surface area contributed by atoms with Crippen LogP contribution in [-0.4, -0.2) is 80.2 Å². The summed E-state index contributed by atoms with van der Waals surface area (Å²) in [5.41, 5.74) is 0.811. The lowest BCUT2D eigenvalue weighted by Crippen LogP contribution is -2.58. The summed E-state index contributed by atoms with van der Waals surface area (Å²) in [6.45, 7) is 0. The zero-order chi connectivity index (χ0) is 22.2. The highest BCUT2D eigenvalue weighted by molar-refractivity contribution is 6.27. The molecule has 1 fully saturated rings. The van der Waals surface area contributed by atoms with Crippen LogP contribution >= 0.6 is 0 Å². The van der Waals surface area contributed by atoms with Crippen LogP contribution in [0.3, 0.4) is 0 Å². The van der Waals surface area contributed by atoms with Gasteiger partial charge in [-0.2, -0.15) is 5.10 Å². The summed E-state index contributed by atoms with van der Waals surface area (Å²) in [5, 5.41) is 5.33. The number of hydrogen-bond donors (Lipinski definition) is 0. The molecule has 0 bridgehead atoms. The lowest BCUT2D eigenvalue weighted by molar-refractivity contribution is -0.144. The second-order valence-corrected chi connectivity index (χ2v) is 6.77. The van der Waals surface area contributed by atoms with Crippen LogP contribution in [0.15, 0.2) is 17.2 Å². The SMILES string of the molecule is COc1cc(C2CC(C3C(=O)N(C)C(=O)N(C)C3=O)=NN2C=O)cc(OC)c1OC. The Kier molecular flexibility index (Phi) is 5.63. The van der Waals surface area contributed by atoms with Gasteiger partial charge >= 0.3 is 6.03 Å². The normalized spacial score (nSPS) is 19.9. The molecule has 3 rings (SSSR count). The molecule has 0 N–H and O–H groups in total. The lowest BCUT2D eigenvalue weighted by Gasteiger charge is -2.32. The van der Waals surface area contributed by atoms with E-state index in [0.29, 0.717) is 29.2 Å². The van der Waals surface area contributed by atoms with Crippen molar-refractivity contribution in [2.75, 3.05) is 35.4 Å². The van der Waals surface area contributed by atoms with Crippen molar-refractivity contribution in [2.45, 2.75) is 12.5 Å². The van der Waals surface area contributed by atoms with Gasteiger partial charge in [0, 0.05) is 20.5 Å². The fourth-order valence-corrected chi connectivity index (χ4v) is 3.58. The van der Waals surface area contributed by atoms with Gasteiger partial charge in [0.05, 0.1) is 33.1 Å². The number of rotatable bonds is 6. The molecule has 30 heavy (non-hydrogen) atoms. The zero-order valence-corrected chi connectivity index (χ0v) is 17.2. The Hall–Kier alpha value is -3.63. The van der Waals surface area contributed by atoms with Crippen molar-refractivity contribution in [3.8, 4) is 17.2 Å². The van der Waals surface area contributed by atoms with E-state index in [4.69, 9.17) is 14.2 Å². The van der Waals surface area contributed by atoms with Gasteiger partial charge in [-0.25, -0.2) is 9.80 Å². The first-order chi connectivity index (χ1) is 14.3. The Morgan fingerprint density at radius 3 is 1.93 bits per heavy atom. The molecule has 1 saturated heterocycles. The number of benzene rings is 1. The Labute approximate surface area is 172 Å². The Morgan fingerprint density at radius 2 is 1.50 bits per heavy atom. The third kappa shape index (κ3) is 3.21. The lowest BCUT2D eigenvalue weighted by atomic mass is 9.91. The number of carbonyl (C=O) groups is 4. The highest BCUT2D eigenvalue weighted by Crippen LogP contribution is 2.43. The van der Waals surface area contributed by atoms with Gasteiger partial charge in [0.1, 0.15) is 0 Å². The molecule has 0 aromatic heterocycles. The molecule has 2 heterocycles. The van der Waals surface area contributed by atoms with Crippen LogP contribution in [0.2, 0.25) is 0 Å². The van der Waals surface area contributed by atoms with Crippen molar-refractivity contribution in [3.63, 3.8) is 0 Å². The Balaban J connectivity index is 1.98. The molecular formula is C19H22N4O7. The molecule has 0 aliphatic carbocycles. The predicted molar refractivity (Wildman–Crippen MR) is 103 cm³/mol. The van der Waals surface area contributed by atoms with Crippen LogP contribution in [0.4, 0.5) is 4.79 Å². The second-order valence-electron chi connectivity index (χ2n) is 6.77. The van der Waals surface area contributed by atoms with Gasteiger partial charge in [0.2, 0.25) is 24.0 Å². The van der Waals surface area contributed by atoms with Crippen molar-refractivity contribution in [2.24, 2.45) is 11.0 Å². The van der Waals surface area contributed by atoms with Crippen molar-refractivity contribution < 1.29 is 33.4 Å². The third-order valence-corrected chi connectivity index (χ3v) is 5.21. The van der Waals surface area contributed by atoms with Gasteiger partial charge in [0.25, 0.3) is 0 Å². The minimum atomic E-state index is -1.27. The molecule has 2 aliphatic heterocycles. The number of nitrogens with zero attached hydrogens (tertiary/aromatic N) is 4. The highest BCUT2D eigenvalue weighted by atomic mass is 16.5. The average Bonchev–Trinajstić information content (AvgIpc) is 3.19. The molecule has 2 aliphatic rings. The quantitative estimate of drug-likeness (QED) is 0.491. The molecule has 5 amide bonds. The maximum atomic E-state index is 12.6. The molecule has 1 unspecified atom stereocenters. The largest absolute Gasteiger partial charge is 0.493 e. The maximum absolute atomic E-state index is 12.6. The number of carbonyl (C=O) groups excluding carboxylic acids is 4. The minimum absolute atomic E-state index is 0.120. The summed E-state index contributed by atoms with van der Waals surface area (Å²) in [4.78, 5) is 50.6. The van der Waals surface area contributed by atoms with Crippen molar-refractivity contribution >= 4 is 30.0 Å². The van der Waals surface area contributed by atoms with E-state index in [9.17, 15) is 19.2 Å². The van der Waals surface area contributed by atoms with Gasteiger partial charge in [-0.3, -0.25) is 24.2 Å². The van der Waals surface area contributed by atoms with Crippen LogP contribution in [-0.2, 0) is 14.4 Å². The van der Waals surface area contributed by atoms with Crippen molar-refractivity contribution in [3.05, 3.63) is 17.7 Å². The predicted octanol–water partition coefficient (Wildman–Crippen LogP) is 0.638. The summed E-state index contributed by atoms with van der Waals surface area (Å²) < 4.78 is 16.0. The standard InChI is InChI=1S/C19H22N4O7/c1-21-17(25)15(18(26)22(2)19(21)27)11-8-12(23(9-24)20-11)10-6-13(28-3)16(30-5)14(7-10)29-4/h6-7,9,12,15H,8H2,1-5H3. The number of amides is 5. The molecule has 0 spiro atoms. The van der Waals surface area contributed by atoms with E-state index >= 15 is 0 Å². The van der Waals surface area contributed by atoms with Gasteiger partial charge in [0.15, 0.2) is 17.4 Å². The number of imide groups is 2. The number of methoxy groups -OCH3 is 3. The summed E-state index contributed by atoms with van der Waals surface area (Å²) in [5.74, 6) is -1.47. The van der Waals surface area contributed by atoms with E-state index in [1.807, 2.05) is 0 Å². The Bertz CT molecular complexity index is 896. The first kappa shape index (κ1) is 21.1. The van der Waals surface area contributed by atoms with E-state index in [1.54, 1.807) is 12.1 Å². The topological polar surface area (TPSA) is 118 Å². The summed E-state index contributed by atoms with van der Waals surface area (Å²) in [6.07, 6.45) is 0.632. The third-order valence-electron chi connectivity index (χ3n) is 5.21. The fourth-order valence-electron chi connectivity index (χ4n) is 3.58. The molecule has 160 valence electrons. The van der Waals surface area contributed by atoms with Crippen LogP contribution in [0.1, 0.15) is 18.0 Å². The highest BCUT2D eigenvalue weighted by Gasteiger charge is 2.48. The monoisotopic (exact) mass is 418 g/mol. The smallest absolute Gasteiger partial charge is 0.332 e. The van der Waals surface area contributed by atoms with Crippen LogP contribution in [0.25, 0.3) is 0 Å². The Morgan fingerprint density at radius 1 is 0.967 bits per heavy atom. The fraction of sp³-hybridized carbons (Fsp3) is 0.421. The molecule has 0 radical (unpaired) electrons. The summed E-state index contributed by atoms with van der Waals surface area (Å²) in [7, 11) is 7.01. The van der Waals surface area contributed by atoms with Crippen LogP contribution in [0.5, 0.6) is 17.2 Å². The second kappa shape index (κ2) is 8.01. The van der Waals surface area contributed by atoms with Crippen LogP contribution < -0.4 is 14.2 Å². The maximum Gasteiger partial charge on any atom is 0.332 e. The van der Waals surface area contributed by atoms with Crippen LogP contribution in [0, 0.1) is 5.92 Å². The minimum Gasteiger partial charge on any atom is -0.493 e. The number of urea groups is 1. The van der Waals surface area contributed by atoms with Gasteiger partial charge in [-0.15, -0.1) is 0 Å². The van der Waals surface area contributed by atoms with E-state index < -0.39 is 29.8 Å². The number of hydrazone groups is 1. The first-order valence-electron chi connectivity index (χ1n) is 8.99. The van der Waals surface area contributed by atoms with E-state index in [2.05, 4.69) is 5.10 Å². The molecule has 1 aromatic carbocycles. The molecule has 0 saturated carbocycles. The summed E-state index contributed by atoms with van der Waals surface area (Å²) in [6, 6.07) is 2.04. The van der Waals surface area contributed by atoms with Gasteiger partial charge < -0.3 is 14.2 Å². The molecule has 1 atom stereocenters. The average molecular weight is 418 g/mol. The summed E-state index contributed by atoms with van der Waals surface area (Å²) >= 11 is 0. The first-order valence-corrected chi connectivity index (χ1v) is 8.99. The van der Waals surface area contributed by atoms with E-state index in [-0.39, 0.29) is 12.1 Å². The van der Waals surface area contributed by atoms with E-state index in [1.165, 1.54) is 35.4 Å². The van der Waals surface area contributed by atoms with Gasteiger partial charge in [-0.1, -0.05) is 0 Å². The molecule has 1 aromatic rings. The van der Waals surface area contributed by atoms with E-state index in [0.717, 1.165) is 14.8 Å². The number of hydrogen-bond acceptors (Lipinski definition) is 8. The molecule has 11 nitrogen and oxygen atoms in total.